The molecule has 1 amide bonds. The van der Waals surface area contributed by atoms with Gasteiger partial charge in [0.25, 0.3) is 5.91 Å². The average molecular weight is 342 g/mol. The molecular weight excluding hydrogens is 330 g/mol. The quantitative estimate of drug-likeness (QED) is 0.767. The van der Waals surface area contributed by atoms with Crippen molar-refractivity contribution in [3.05, 3.63) is 64.5 Å². The predicted octanol–water partition coefficient (Wildman–Crippen LogP) is 3.95. The van der Waals surface area contributed by atoms with E-state index >= 15 is 0 Å². The number of fused-ring (bicyclic) bond motifs is 1. The van der Waals surface area contributed by atoms with Crippen LogP contribution in [-0.2, 0) is 0 Å². The summed E-state index contributed by atoms with van der Waals surface area (Å²) in [6.07, 6.45) is 4.98. The van der Waals surface area contributed by atoms with E-state index in [9.17, 15) is 4.79 Å². The van der Waals surface area contributed by atoms with E-state index in [-0.39, 0.29) is 5.91 Å². The highest BCUT2D eigenvalue weighted by Gasteiger charge is 2.09. The van der Waals surface area contributed by atoms with Gasteiger partial charge in [-0.15, -0.1) is 0 Å². The second-order valence-electron chi connectivity index (χ2n) is 4.74. The minimum absolute atomic E-state index is 0.191. The number of aryl methyl sites for hydroxylation is 1. The summed E-state index contributed by atoms with van der Waals surface area (Å²) in [5.74, 6) is -0.191. The van der Waals surface area contributed by atoms with Gasteiger partial charge >= 0.3 is 0 Å². The molecule has 0 spiro atoms. The third kappa shape index (κ3) is 2.92. The fraction of sp³-hybridized carbons (Fsp3) is 0.0625. The van der Waals surface area contributed by atoms with Crippen LogP contribution >= 0.6 is 15.9 Å². The first-order valence-electron chi connectivity index (χ1n) is 6.41. The zero-order valence-electron chi connectivity index (χ0n) is 11.3. The van der Waals surface area contributed by atoms with Gasteiger partial charge in [-0.1, -0.05) is 12.1 Å². The van der Waals surface area contributed by atoms with Crippen molar-refractivity contribution >= 4 is 38.4 Å². The van der Waals surface area contributed by atoms with Gasteiger partial charge in [0.15, 0.2) is 0 Å². The molecule has 1 N–H and O–H groups in total. The van der Waals surface area contributed by atoms with E-state index in [1.165, 1.54) is 0 Å². The Morgan fingerprint density at radius 1 is 1.19 bits per heavy atom. The third-order valence-corrected chi connectivity index (χ3v) is 3.50. The molecular formula is C16H12BrN3O. The Kier molecular flexibility index (Phi) is 3.66. The number of aromatic nitrogens is 2. The number of anilines is 1. The topological polar surface area (TPSA) is 54.9 Å². The molecule has 0 aliphatic heterocycles. The molecule has 0 saturated heterocycles. The summed E-state index contributed by atoms with van der Waals surface area (Å²) < 4.78 is 0.904. The number of halogens is 1. The Morgan fingerprint density at radius 3 is 2.86 bits per heavy atom. The van der Waals surface area contributed by atoms with Crippen molar-refractivity contribution < 1.29 is 4.79 Å². The average Bonchev–Trinajstić information content (AvgIpc) is 2.47. The van der Waals surface area contributed by atoms with Crippen LogP contribution < -0.4 is 5.32 Å². The lowest BCUT2D eigenvalue weighted by Crippen LogP contribution is -2.12. The SMILES string of the molecule is Cc1cncc(C(=O)Nc2cccc3cc(Br)cnc23)c1. The van der Waals surface area contributed by atoms with Gasteiger partial charge < -0.3 is 5.32 Å². The van der Waals surface area contributed by atoms with E-state index in [2.05, 4.69) is 31.2 Å². The standard InChI is InChI=1S/C16H12BrN3O/c1-10-5-12(8-18-7-10)16(21)20-14-4-2-3-11-6-13(17)9-19-15(11)14/h2-9H,1H3,(H,20,21). The summed E-state index contributed by atoms with van der Waals surface area (Å²) in [7, 11) is 0. The first-order valence-corrected chi connectivity index (χ1v) is 7.20. The number of pyridine rings is 2. The van der Waals surface area contributed by atoms with Crippen LogP contribution in [0.2, 0.25) is 0 Å². The number of hydrogen-bond acceptors (Lipinski definition) is 3. The first-order chi connectivity index (χ1) is 10.1. The first kappa shape index (κ1) is 13.7. The molecule has 104 valence electrons. The van der Waals surface area contributed by atoms with Gasteiger partial charge in [-0.05, 0) is 46.6 Å². The van der Waals surface area contributed by atoms with Gasteiger partial charge in [0.2, 0.25) is 0 Å². The van der Waals surface area contributed by atoms with Crippen molar-refractivity contribution in [3.8, 4) is 0 Å². The number of hydrogen-bond donors (Lipinski definition) is 1. The molecule has 0 atom stereocenters. The summed E-state index contributed by atoms with van der Waals surface area (Å²) >= 11 is 3.39. The minimum atomic E-state index is -0.191. The molecule has 0 saturated carbocycles. The smallest absolute Gasteiger partial charge is 0.257 e. The summed E-state index contributed by atoms with van der Waals surface area (Å²) in [6.45, 7) is 1.90. The lowest BCUT2D eigenvalue weighted by Gasteiger charge is -2.08. The van der Waals surface area contributed by atoms with Gasteiger partial charge in [-0.3, -0.25) is 14.8 Å². The summed E-state index contributed by atoms with van der Waals surface area (Å²) in [4.78, 5) is 20.7. The number of carbonyl (C=O) groups excluding carboxylic acids is 1. The summed E-state index contributed by atoms with van der Waals surface area (Å²) in [5.41, 5.74) is 2.92. The predicted molar refractivity (Wildman–Crippen MR) is 86.4 cm³/mol. The Morgan fingerprint density at radius 2 is 2.05 bits per heavy atom. The van der Waals surface area contributed by atoms with Crippen molar-refractivity contribution in [1.29, 1.82) is 0 Å². The van der Waals surface area contributed by atoms with Crippen LogP contribution in [0.4, 0.5) is 5.69 Å². The molecule has 5 heteroatoms. The Hall–Kier alpha value is -2.27. The maximum Gasteiger partial charge on any atom is 0.257 e. The van der Waals surface area contributed by atoms with Crippen LogP contribution in [0, 0.1) is 6.92 Å². The molecule has 0 aliphatic rings. The highest BCUT2D eigenvalue weighted by atomic mass is 79.9. The van der Waals surface area contributed by atoms with Crippen LogP contribution in [0.15, 0.2) is 53.4 Å². The molecule has 2 aromatic heterocycles. The van der Waals surface area contributed by atoms with Gasteiger partial charge in [-0.25, -0.2) is 0 Å². The normalized spacial score (nSPS) is 10.6. The van der Waals surface area contributed by atoms with Gasteiger partial charge in [0, 0.05) is 28.4 Å². The second-order valence-corrected chi connectivity index (χ2v) is 5.65. The molecule has 0 bridgehead atoms. The maximum absolute atomic E-state index is 12.3. The lowest BCUT2D eigenvalue weighted by molar-refractivity contribution is 0.102. The highest BCUT2D eigenvalue weighted by molar-refractivity contribution is 9.10. The number of rotatable bonds is 2. The molecule has 1 aromatic carbocycles. The zero-order chi connectivity index (χ0) is 14.8. The van der Waals surface area contributed by atoms with Gasteiger partial charge in [-0.2, -0.15) is 0 Å². The van der Waals surface area contributed by atoms with Gasteiger partial charge in [0.05, 0.1) is 16.8 Å². The van der Waals surface area contributed by atoms with E-state index in [4.69, 9.17) is 0 Å². The largest absolute Gasteiger partial charge is 0.320 e. The fourth-order valence-electron chi connectivity index (χ4n) is 2.11. The van der Waals surface area contributed by atoms with Crippen LogP contribution in [-0.4, -0.2) is 15.9 Å². The van der Waals surface area contributed by atoms with Crippen molar-refractivity contribution in [2.45, 2.75) is 6.92 Å². The van der Waals surface area contributed by atoms with E-state index in [1.807, 2.05) is 31.2 Å². The fourth-order valence-corrected chi connectivity index (χ4v) is 2.46. The van der Waals surface area contributed by atoms with E-state index < -0.39 is 0 Å². The third-order valence-electron chi connectivity index (χ3n) is 3.06. The number of benzene rings is 1. The number of nitrogens with one attached hydrogen (secondary N) is 1. The molecule has 21 heavy (non-hydrogen) atoms. The molecule has 0 unspecified atom stereocenters. The minimum Gasteiger partial charge on any atom is -0.320 e. The van der Waals surface area contributed by atoms with E-state index in [1.54, 1.807) is 24.7 Å². The number of nitrogens with zero attached hydrogens (tertiary/aromatic N) is 2. The Labute approximate surface area is 130 Å². The van der Waals surface area contributed by atoms with Crippen molar-refractivity contribution in [1.82, 2.24) is 9.97 Å². The van der Waals surface area contributed by atoms with Gasteiger partial charge in [0.1, 0.15) is 0 Å². The molecule has 4 nitrogen and oxygen atoms in total. The van der Waals surface area contributed by atoms with Crippen LogP contribution in [0.3, 0.4) is 0 Å². The lowest BCUT2D eigenvalue weighted by atomic mass is 10.1. The molecule has 0 fully saturated rings. The molecule has 0 aliphatic carbocycles. The summed E-state index contributed by atoms with van der Waals surface area (Å²) in [6, 6.07) is 9.45. The highest BCUT2D eigenvalue weighted by Crippen LogP contribution is 2.24. The Bertz CT molecular complexity index is 833. The molecule has 0 radical (unpaired) electrons. The summed E-state index contributed by atoms with van der Waals surface area (Å²) in [5, 5.41) is 3.85. The molecule has 3 aromatic rings. The molecule has 2 heterocycles. The van der Waals surface area contributed by atoms with Crippen molar-refractivity contribution in [2.75, 3.05) is 5.32 Å². The zero-order valence-corrected chi connectivity index (χ0v) is 12.9. The van der Waals surface area contributed by atoms with Crippen molar-refractivity contribution in [2.24, 2.45) is 0 Å². The maximum atomic E-state index is 12.3. The van der Waals surface area contributed by atoms with E-state index in [0.29, 0.717) is 11.3 Å². The molecule has 3 rings (SSSR count). The Balaban J connectivity index is 1.96. The van der Waals surface area contributed by atoms with Crippen LogP contribution in [0.5, 0.6) is 0 Å². The number of para-hydroxylation sites is 1. The van der Waals surface area contributed by atoms with E-state index in [0.717, 1.165) is 20.9 Å². The van der Waals surface area contributed by atoms with Crippen LogP contribution in [0.1, 0.15) is 15.9 Å². The number of carbonyl (C=O) groups is 1. The van der Waals surface area contributed by atoms with Crippen molar-refractivity contribution in [3.63, 3.8) is 0 Å². The second kappa shape index (κ2) is 5.61. The van der Waals surface area contributed by atoms with Crippen LogP contribution in [0.25, 0.3) is 10.9 Å². The number of amides is 1. The monoisotopic (exact) mass is 341 g/mol.